The summed E-state index contributed by atoms with van der Waals surface area (Å²) in [5.74, 6) is 0. The van der Waals surface area contributed by atoms with Crippen LogP contribution in [-0.2, 0) is 25.4 Å². The molecule has 0 aliphatic carbocycles. The SMILES string of the molecule is C[C@@H]1CN(Cc2cc(=O)n(C)c(=O)n2C)[C@@H](C)CO1. The van der Waals surface area contributed by atoms with Gasteiger partial charge in [-0.3, -0.25) is 18.8 Å². The summed E-state index contributed by atoms with van der Waals surface area (Å²) < 4.78 is 8.23. The van der Waals surface area contributed by atoms with Crippen molar-refractivity contribution < 1.29 is 4.74 Å². The first-order chi connectivity index (χ1) is 8.90. The molecule has 0 spiro atoms. The van der Waals surface area contributed by atoms with Gasteiger partial charge in [-0.2, -0.15) is 0 Å². The fourth-order valence-corrected chi connectivity index (χ4v) is 2.33. The molecule has 6 nitrogen and oxygen atoms in total. The molecule has 0 unspecified atom stereocenters. The number of hydrogen-bond donors (Lipinski definition) is 0. The Kier molecular flexibility index (Phi) is 3.91. The predicted octanol–water partition coefficient (Wildman–Crippen LogP) is -0.307. The number of rotatable bonds is 2. The Morgan fingerprint density at radius 1 is 1.26 bits per heavy atom. The number of morpholine rings is 1. The van der Waals surface area contributed by atoms with E-state index in [1.807, 2.05) is 6.92 Å². The molecule has 0 amide bonds. The highest BCUT2D eigenvalue weighted by Gasteiger charge is 2.24. The second-order valence-corrected chi connectivity index (χ2v) is 5.30. The summed E-state index contributed by atoms with van der Waals surface area (Å²) in [6, 6.07) is 1.82. The van der Waals surface area contributed by atoms with Crippen LogP contribution in [0.2, 0.25) is 0 Å². The van der Waals surface area contributed by atoms with Crippen LogP contribution in [0.3, 0.4) is 0 Å². The van der Waals surface area contributed by atoms with Crippen molar-refractivity contribution in [3.63, 3.8) is 0 Å². The highest BCUT2D eigenvalue weighted by atomic mass is 16.5. The third-order valence-corrected chi connectivity index (χ3v) is 3.73. The van der Waals surface area contributed by atoms with Crippen molar-refractivity contribution in [2.45, 2.75) is 32.5 Å². The van der Waals surface area contributed by atoms with Crippen molar-refractivity contribution in [3.8, 4) is 0 Å². The van der Waals surface area contributed by atoms with Crippen molar-refractivity contribution >= 4 is 0 Å². The van der Waals surface area contributed by atoms with Crippen LogP contribution in [0, 0.1) is 0 Å². The van der Waals surface area contributed by atoms with Gasteiger partial charge in [0.2, 0.25) is 0 Å². The largest absolute Gasteiger partial charge is 0.376 e. The molecule has 1 aromatic heterocycles. The third kappa shape index (κ3) is 2.79. The Balaban J connectivity index is 2.29. The molecule has 2 rings (SSSR count). The molecule has 1 aliphatic heterocycles. The lowest BCUT2D eigenvalue weighted by atomic mass is 10.2. The van der Waals surface area contributed by atoms with E-state index in [2.05, 4.69) is 11.8 Å². The first kappa shape index (κ1) is 14.0. The Labute approximate surface area is 112 Å². The molecule has 1 fully saturated rings. The summed E-state index contributed by atoms with van der Waals surface area (Å²) in [5.41, 5.74) is 0.206. The van der Waals surface area contributed by atoms with Gasteiger partial charge in [-0.05, 0) is 13.8 Å². The zero-order valence-electron chi connectivity index (χ0n) is 11.9. The van der Waals surface area contributed by atoms with Crippen LogP contribution in [-0.4, -0.2) is 39.3 Å². The number of aromatic nitrogens is 2. The molecule has 6 heteroatoms. The fraction of sp³-hybridized carbons (Fsp3) is 0.692. The minimum absolute atomic E-state index is 0.180. The Morgan fingerprint density at radius 3 is 2.63 bits per heavy atom. The van der Waals surface area contributed by atoms with Gasteiger partial charge in [0, 0.05) is 45.0 Å². The minimum Gasteiger partial charge on any atom is -0.376 e. The van der Waals surface area contributed by atoms with E-state index in [4.69, 9.17) is 4.74 Å². The fourth-order valence-electron chi connectivity index (χ4n) is 2.33. The summed E-state index contributed by atoms with van der Waals surface area (Å²) in [6.07, 6.45) is 0.180. The normalized spacial score (nSPS) is 24.6. The molecule has 1 aliphatic rings. The molecular formula is C13H21N3O3. The van der Waals surface area contributed by atoms with Gasteiger partial charge in [-0.25, -0.2) is 4.79 Å². The Hall–Kier alpha value is -1.40. The zero-order chi connectivity index (χ0) is 14.2. The molecule has 0 N–H and O–H groups in total. The van der Waals surface area contributed by atoms with Crippen molar-refractivity contribution in [1.29, 1.82) is 0 Å². The average molecular weight is 267 g/mol. The van der Waals surface area contributed by atoms with Crippen molar-refractivity contribution in [3.05, 3.63) is 32.6 Å². The van der Waals surface area contributed by atoms with E-state index < -0.39 is 0 Å². The molecule has 0 aromatic carbocycles. The minimum atomic E-state index is -0.281. The molecule has 0 saturated carbocycles. The molecule has 2 heterocycles. The summed E-state index contributed by atoms with van der Waals surface area (Å²) in [7, 11) is 3.19. The molecular weight excluding hydrogens is 246 g/mol. The van der Waals surface area contributed by atoms with Crippen LogP contribution < -0.4 is 11.2 Å². The average Bonchev–Trinajstić information content (AvgIpc) is 2.37. The van der Waals surface area contributed by atoms with Crippen LogP contribution in [0.4, 0.5) is 0 Å². The van der Waals surface area contributed by atoms with Crippen LogP contribution >= 0.6 is 0 Å². The summed E-state index contributed by atoms with van der Waals surface area (Å²) in [5, 5.41) is 0. The highest BCUT2D eigenvalue weighted by Crippen LogP contribution is 2.13. The maximum Gasteiger partial charge on any atom is 0.330 e. The van der Waals surface area contributed by atoms with E-state index in [0.717, 1.165) is 16.8 Å². The Morgan fingerprint density at radius 2 is 1.95 bits per heavy atom. The number of ether oxygens (including phenoxy) is 1. The molecule has 1 aromatic rings. The first-order valence-corrected chi connectivity index (χ1v) is 6.51. The van der Waals surface area contributed by atoms with Gasteiger partial charge in [0.25, 0.3) is 5.56 Å². The second-order valence-electron chi connectivity index (χ2n) is 5.30. The summed E-state index contributed by atoms with van der Waals surface area (Å²) in [4.78, 5) is 25.8. The quantitative estimate of drug-likeness (QED) is 0.738. The van der Waals surface area contributed by atoms with Crippen molar-refractivity contribution in [2.75, 3.05) is 13.2 Å². The van der Waals surface area contributed by atoms with Crippen LogP contribution in [0.5, 0.6) is 0 Å². The summed E-state index contributed by atoms with van der Waals surface area (Å²) in [6.45, 7) is 6.20. The third-order valence-electron chi connectivity index (χ3n) is 3.73. The highest BCUT2D eigenvalue weighted by molar-refractivity contribution is 5.03. The van der Waals surface area contributed by atoms with Crippen LogP contribution in [0.15, 0.2) is 15.7 Å². The molecule has 2 atom stereocenters. The van der Waals surface area contributed by atoms with Gasteiger partial charge < -0.3 is 4.74 Å². The summed E-state index contributed by atoms with van der Waals surface area (Å²) >= 11 is 0. The van der Waals surface area contributed by atoms with Crippen molar-refractivity contribution in [1.82, 2.24) is 14.0 Å². The Bertz CT molecular complexity index is 575. The van der Waals surface area contributed by atoms with Gasteiger partial charge in [0.1, 0.15) is 0 Å². The monoisotopic (exact) mass is 267 g/mol. The molecule has 1 saturated heterocycles. The van der Waals surface area contributed by atoms with Gasteiger partial charge in [-0.1, -0.05) is 0 Å². The van der Waals surface area contributed by atoms with E-state index in [0.29, 0.717) is 13.2 Å². The van der Waals surface area contributed by atoms with E-state index in [9.17, 15) is 9.59 Å². The van der Waals surface area contributed by atoms with E-state index in [1.165, 1.54) is 17.7 Å². The van der Waals surface area contributed by atoms with Gasteiger partial charge >= 0.3 is 5.69 Å². The number of hydrogen-bond acceptors (Lipinski definition) is 4. The maximum atomic E-state index is 11.9. The molecule has 0 radical (unpaired) electrons. The van der Waals surface area contributed by atoms with E-state index in [1.54, 1.807) is 7.05 Å². The van der Waals surface area contributed by atoms with E-state index in [-0.39, 0.29) is 23.4 Å². The first-order valence-electron chi connectivity index (χ1n) is 6.51. The predicted molar refractivity (Wildman–Crippen MR) is 72.2 cm³/mol. The van der Waals surface area contributed by atoms with Gasteiger partial charge in [0.15, 0.2) is 0 Å². The lowest BCUT2D eigenvalue weighted by Gasteiger charge is -2.36. The zero-order valence-corrected chi connectivity index (χ0v) is 11.9. The molecule has 0 bridgehead atoms. The second kappa shape index (κ2) is 5.30. The molecule has 106 valence electrons. The van der Waals surface area contributed by atoms with Crippen LogP contribution in [0.25, 0.3) is 0 Å². The standard InChI is InChI=1S/C13H21N3O3/c1-9-8-19-10(2)6-16(9)7-11-5-12(17)15(4)13(18)14(11)3/h5,9-10H,6-8H2,1-4H3/t9-,10+/m0/s1. The van der Waals surface area contributed by atoms with Crippen molar-refractivity contribution in [2.24, 2.45) is 14.1 Å². The molecule has 19 heavy (non-hydrogen) atoms. The lowest BCUT2D eigenvalue weighted by molar-refractivity contribution is -0.0534. The van der Waals surface area contributed by atoms with Crippen LogP contribution in [0.1, 0.15) is 19.5 Å². The topological polar surface area (TPSA) is 56.5 Å². The smallest absolute Gasteiger partial charge is 0.330 e. The lowest BCUT2D eigenvalue weighted by Crippen LogP contribution is -2.48. The maximum absolute atomic E-state index is 11.9. The van der Waals surface area contributed by atoms with Gasteiger partial charge in [-0.15, -0.1) is 0 Å². The number of nitrogens with zero attached hydrogens (tertiary/aromatic N) is 3. The van der Waals surface area contributed by atoms with E-state index >= 15 is 0 Å². The van der Waals surface area contributed by atoms with Gasteiger partial charge in [0.05, 0.1) is 12.7 Å².